The van der Waals surface area contributed by atoms with Crippen molar-refractivity contribution in [1.82, 2.24) is 4.90 Å². The van der Waals surface area contributed by atoms with Crippen LogP contribution in [0.25, 0.3) is 0 Å². The predicted octanol–water partition coefficient (Wildman–Crippen LogP) is 2.42. The van der Waals surface area contributed by atoms with Crippen LogP contribution in [0.15, 0.2) is 0 Å². The number of carbonyl (C=O) groups excluding carboxylic acids is 1. The average molecular weight is 284 g/mol. The third kappa shape index (κ3) is 5.80. The molecule has 1 heterocycles. The first-order chi connectivity index (χ1) is 9.34. The van der Waals surface area contributed by atoms with Crippen molar-refractivity contribution in [1.29, 1.82) is 0 Å². The highest BCUT2D eigenvalue weighted by Crippen LogP contribution is 2.34. The van der Waals surface area contributed by atoms with Crippen LogP contribution in [0.3, 0.4) is 0 Å². The Hall–Kier alpha value is -0.610. The zero-order chi connectivity index (χ0) is 15.2. The summed E-state index contributed by atoms with van der Waals surface area (Å²) in [6.07, 6.45) is 4.50. The van der Waals surface area contributed by atoms with Crippen LogP contribution in [0.4, 0.5) is 0 Å². The molecule has 2 atom stereocenters. The Balaban J connectivity index is 2.34. The van der Waals surface area contributed by atoms with Crippen molar-refractivity contribution < 1.29 is 9.53 Å². The standard InChI is InChI=1S/C16H32N2O2/c1-5-20-15(19)14(17)9-12-18-10-6-7-13(8-11-18)16(2,3)4/h13-14H,5-12,17H2,1-4H3. The lowest BCUT2D eigenvalue weighted by atomic mass is 9.77. The molecule has 0 aliphatic carbocycles. The molecule has 2 N–H and O–H groups in total. The zero-order valence-electron chi connectivity index (χ0n) is 13.7. The summed E-state index contributed by atoms with van der Waals surface area (Å²) in [6.45, 7) is 12.4. The van der Waals surface area contributed by atoms with Crippen LogP contribution in [-0.4, -0.2) is 43.2 Å². The molecule has 20 heavy (non-hydrogen) atoms. The molecule has 1 fully saturated rings. The molecule has 0 saturated carbocycles. The number of likely N-dealkylation sites (tertiary alicyclic amines) is 1. The van der Waals surface area contributed by atoms with Gasteiger partial charge in [-0.3, -0.25) is 4.79 Å². The Morgan fingerprint density at radius 3 is 2.65 bits per heavy atom. The van der Waals surface area contributed by atoms with Crippen molar-refractivity contribution in [3.8, 4) is 0 Å². The molecule has 0 aromatic rings. The van der Waals surface area contributed by atoms with Gasteiger partial charge in [-0.15, -0.1) is 0 Å². The summed E-state index contributed by atoms with van der Waals surface area (Å²) >= 11 is 0. The summed E-state index contributed by atoms with van der Waals surface area (Å²) in [5.41, 5.74) is 6.26. The van der Waals surface area contributed by atoms with Gasteiger partial charge in [0.1, 0.15) is 6.04 Å². The second-order valence-corrected chi connectivity index (χ2v) is 6.98. The monoisotopic (exact) mass is 284 g/mol. The van der Waals surface area contributed by atoms with Gasteiger partial charge < -0.3 is 15.4 Å². The largest absolute Gasteiger partial charge is 0.465 e. The van der Waals surface area contributed by atoms with Gasteiger partial charge >= 0.3 is 5.97 Å². The van der Waals surface area contributed by atoms with Crippen molar-refractivity contribution in [3.05, 3.63) is 0 Å². The summed E-state index contributed by atoms with van der Waals surface area (Å²) < 4.78 is 4.95. The number of carbonyl (C=O) groups is 1. The molecular weight excluding hydrogens is 252 g/mol. The van der Waals surface area contributed by atoms with Gasteiger partial charge in [0.15, 0.2) is 0 Å². The Morgan fingerprint density at radius 2 is 2.05 bits per heavy atom. The Morgan fingerprint density at radius 1 is 1.35 bits per heavy atom. The van der Waals surface area contributed by atoms with Crippen LogP contribution < -0.4 is 5.73 Å². The minimum absolute atomic E-state index is 0.269. The lowest BCUT2D eigenvalue weighted by molar-refractivity contribution is -0.144. The topological polar surface area (TPSA) is 55.6 Å². The molecule has 1 aliphatic heterocycles. The second-order valence-electron chi connectivity index (χ2n) is 6.98. The average Bonchev–Trinajstić information content (AvgIpc) is 2.61. The molecule has 0 aromatic heterocycles. The molecule has 4 heteroatoms. The summed E-state index contributed by atoms with van der Waals surface area (Å²) in [5.74, 6) is 0.529. The number of rotatable bonds is 5. The van der Waals surface area contributed by atoms with Crippen molar-refractivity contribution >= 4 is 5.97 Å². The van der Waals surface area contributed by atoms with Gasteiger partial charge in [0, 0.05) is 6.54 Å². The molecule has 0 amide bonds. The van der Waals surface area contributed by atoms with Gasteiger partial charge in [0.2, 0.25) is 0 Å². The number of hydrogen-bond acceptors (Lipinski definition) is 4. The van der Waals surface area contributed by atoms with E-state index in [4.69, 9.17) is 10.5 Å². The maximum atomic E-state index is 11.5. The van der Waals surface area contributed by atoms with Gasteiger partial charge in [-0.1, -0.05) is 20.8 Å². The van der Waals surface area contributed by atoms with E-state index < -0.39 is 6.04 Å². The highest BCUT2D eigenvalue weighted by molar-refractivity contribution is 5.75. The van der Waals surface area contributed by atoms with Crippen molar-refractivity contribution in [3.63, 3.8) is 0 Å². The van der Waals surface area contributed by atoms with Crippen LogP contribution in [0, 0.1) is 11.3 Å². The fourth-order valence-electron chi connectivity index (χ4n) is 2.93. The Kier molecular flexibility index (Phi) is 6.96. The predicted molar refractivity (Wildman–Crippen MR) is 82.5 cm³/mol. The molecule has 4 nitrogen and oxygen atoms in total. The van der Waals surface area contributed by atoms with Crippen LogP contribution in [-0.2, 0) is 9.53 Å². The van der Waals surface area contributed by atoms with Crippen molar-refractivity contribution in [2.75, 3.05) is 26.2 Å². The number of hydrogen-bond donors (Lipinski definition) is 1. The van der Waals surface area contributed by atoms with Crippen LogP contribution in [0.2, 0.25) is 0 Å². The van der Waals surface area contributed by atoms with E-state index in [0.29, 0.717) is 18.4 Å². The second kappa shape index (κ2) is 7.99. The maximum Gasteiger partial charge on any atom is 0.322 e. The van der Waals surface area contributed by atoms with Gasteiger partial charge in [-0.05, 0) is 57.0 Å². The van der Waals surface area contributed by atoms with E-state index in [-0.39, 0.29) is 5.97 Å². The molecule has 0 radical (unpaired) electrons. The first-order valence-corrected chi connectivity index (χ1v) is 7.99. The third-order valence-electron chi connectivity index (χ3n) is 4.39. The molecular formula is C16H32N2O2. The van der Waals surface area contributed by atoms with E-state index in [0.717, 1.165) is 25.6 Å². The van der Waals surface area contributed by atoms with E-state index in [1.807, 2.05) is 6.92 Å². The van der Waals surface area contributed by atoms with Crippen molar-refractivity contribution in [2.24, 2.45) is 17.1 Å². The van der Waals surface area contributed by atoms with Gasteiger partial charge in [-0.2, -0.15) is 0 Å². The molecule has 0 spiro atoms. The molecule has 0 bridgehead atoms. The highest BCUT2D eigenvalue weighted by atomic mass is 16.5. The quantitative estimate of drug-likeness (QED) is 0.788. The fraction of sp³-hybridized carbons (Fsp3) is 0.938. The summed E-state index contributed by atoms with van der Waals surface area (Å²) in [7, 11) is 0. The van der Waals surface area contributed by atoms with Gasteiger partial charge in [0.25, 0.3) is 0 Å². The lowest BCUT2D eigenvalue weighted by Gasteiger charge is -2.29. The summed E-state index contributed by atoms with van der Waals surface area (Å²) in [6, 6.07) is -0.475. The summed E-state index contributed by atoms with van der Waals surface area (Å²) in [5, 5.41) is 0. The lowest BCUT2D eigenvalue weighted by Crippen LogP contribution is -2.37. The minimum atomic E-state index is -0.475. The molecule has 1 saturated heterocycles. The Bertz CT molecular complexity index is 299. The van der Waals surface area contributed by atoms with Crippen LogP contribution in [0.1, 0.15) is 53.4 Å². The number of nitrogens with zero attached hydrogens (tertiary/aromatic N) is 1. The van der Waals surface area contributed by atoms with Gasteiger partial charge in [0.05, 0.1) is 6.61 Å². The SMILES string of the molecule is CCOC(=O)C(N)CCN1CCCC(C(C)(C)C)CC1. The first-order valence-electron chi connectivity index (χ1n) is 7.99. The van der Waals surface area contributed by atoms with E-state index in [9.17, 15) is 4.79 Å². The molecule has 2 unspecified atom stereocenters. The van der Waals surface area contributed by atoms with Crippen LogP contribution >= 0.6 is 0 Å². The smallest absolute Gasteiger partial charge is 0.322 e. The van der Waals surface area contributed by atoms with E-state index >= 15 is 0 Å². The molecule has 0 aromatic carbocycles. The van der Waals surface area contributed by atoms with Gasteiger partial charge in [-0.25, -0.2) is 0 Å². The summed E-state index contributed by atoms with van der Waals surface area (Å²) in [4.78, 5) is 14.0. The molecule has 1 rings (SSSR count). The Labute approximate surface area is 124 Å². The van der Waals surface area contributed by atoms with Crippen LogP contribution in [0.5, 0.6) is 0 Å². The molecule has 118 valence electrons. The third-order valence-corrected chi connectivity index (χ3v) is 4.39. The highest BCUT2D eigenvalue weighted by Gasteiger charge is 2.27. The van der Waals surface area contributed by atoms with Crippen molar-refractivity contribution in [2.45, 2.75) is 59.4 Å². The minimum Gasteiger partial charge on any atom is -0.465 e. The molecule has 1 aliphatic rings. The fourth-order valence-corrected chi connectivity index (χ4v) is 2.93. The zero-order valence-corrected chi connectivity index (χ0v) is 13.7. The first kappa shape index (κ1) is 17.4. The van der Waals surface area contributed by atoms with E-state index in [1.165, 1.54) is 19.3 Å². The maximum absolute atomic E-state index is 11.5. The van der Waals surface area contributed by atoms with E-state index in [1.54, 1.807) is 0 Å². The number of esters is 1. The number of ether oxygens (including phenoxy) is 1. The van der Waals surface area contributed by atoms with E-state index in [2.05, 4.69) is 25.7 Å². The number of nitrogens with two attached hydrogens (primary N) is 1. The normalized spacial score (nSPS) is 23.1.